The largest absolute Gasteiger partial charge is 0.329 e. The molecule has 0 heterocycles. The monoisotopic (exact) mass is 328 g/mol. The molecular formula is C12H26O6P2. The first kappa shape index (κ1) is 20.0. The van der Waals surface area contributed by atoms with Gasteiger partial charge in [0.05, 0.1) is 11.8 Å². The predicted molar refractivity (Wildman–Crippen MR) is 79.9 cm³/mol. The zero-order chi connectivity index (χ0) is 15.6. The topological polar surface area (TPSA) is 115 Å². The highest BCUT2D eigenvalue weighted by atomic mass is 31.2. The molecule has 0 saturated carbocycles. The van der Waals surface area contributed by atoms with Gasteiger partial charge in [0.2, 0.25) is 0 Å². The highest BCUT2D eigenvalue weighted by molar-refractivity contribution is 7.56. The predicted octanol–water partition coefficient (Wildman–Crippen LogP) is 3.02. The Kier molecular flexibility index (Phi) is 9.90. The molecule has 0 aliphatic carbocycles. The van der Waals surface area contributed by atoms with Crippen LogP contribution < -0.4 is 0 Å². The average molecular weight is 328 g/mol. The minimum Gasteiger partial charge on any atom is -0.324 e. The van der Waals surface area contributed by atoms with E-state index in [-0.39, 0.29) is 6.42 Å². The molecule has 8 heteroatoms. The van der Waals surface area contributed by atoms with Crippen LogP contribution in [0.2, 0.25) is 0 Å². The molecule has 0 radical (unpaired) electrons. The van der Waals surface area contributed by atoms with Gasteiger partial charge in [-0.2, -0.15) is 0 Å². The van der Waals surface area contributed by atoms with Gasteiger partial charge in [0, 0.05) is 0 Å². The number of hydrogen-bond acceptors (Lipinski definition) is 2. The van der Waals surface area contributed by atoms with Crippen molar-refractivity contribution in [2.24, 2.45) is 0 Å². The molecule has 0 aliphatic heterocycles. The first-order chi connectivity index (χ1) is 9.17. The first-order valence-electron chi connectivity index (χ1n) is 6.91. The Morgan fingerprint density at radius 3 is 2.05 bits per heavy atom. The van der Waals surface area contributed by atoms with Gasteiger partial charge in [0.1, 0.15) is 0 Å². The fourth-order valence-corrected chi connectivity index (χ4v) is 4.41. The summed E-state index contributed by atoms with van der Waals surface area (Å²) in [6, 6.07) is 0. The van der Waals surface area contributed by atoms with E-state index in [1.165, 1.54) is 19.3 Å². The van der Waals surface area contributed by atoms with E-state index >= 15 is 0 Å². The lowest BCUT2D eigenvalue weighted by Gasteiger charge is -2.17. The van der Waals surface area contributed by atoms with Gasteiger partial charge in [-0.3, -0.25) is 9.13 Å². The molecule has 6 nitrogen and oxygen atoms in total. The summed E-state index contributed by atoms with van der Waals surface area (Å²) in [7, 11) is -8.90. The van der Waals surface area contributed by atoms with Gasteiger partial charge in [-0.15, -0.1) is 0 Å². The van der Waals surface area contributed by atoms with Gasteiger partial charge >= 0.3 is 15.2 Å². The van der Waals surface area contributed by atoms with E-state index in [4.69, 9.17) is 19.6 Å². The van der Waals surface area contributed by atoms with Crippen LogP contribution in [0.15, 0.2) is 12.2 Å². The molecular weight excluding hydrogens is 302 g/mol. The maximum Gasteiger partial charge on any atom is 0.329 e. The van der Waals surface area contributed by atoms with Crippen molar-refractivity contribution in [1.29, 1.82) is 0 Å². The lowest BCUT2D eigenvalue weighted by atomic mass is 10.1. The lowest BCUT2D eigenvalue weighted by molar-refractivity contribution is 0.346. The van der Waals surface area contributed by atoms with Gasteiger partial charge in [-0.05, 0) is 19.3 Å². The molecule has 0 rings (SSSR count). The van der Waals surface area contributed by atoms with Gasteiger partial charge in [0.25, 0.3) is 0 Å². The molecule has 120 valence electrons. The summed E-state index contributed by atoms with van der Waals surface area (Å²) in [5, 5.41) is 0. The van der Waals surface area contributed by atoms with Crippen molar-refractivity contribution in [3.63, 3.8) is 0 Å². The number of unbranched alkanes of at least 4 members (excludes halogenated alkanes) is 5. The smallest absolute Gasteiger partial charge is 0.324 e. The van der Waals surface area contributed by atoms with Crippen LogP contribution in [0.4, 0.5) is 0 Å². The van der Waals surface area contributed by atoms with E-state index in [1.54, 1.807) is 6.08 Å². The van der Waals surface area contributed by atoms with Gasteiger partial charge in [-0.1, -0.05) is 44.8 Å². The summed E-state index contributed by atoms with van der Waals surface area (Å²) in [6.45, 7) is 2.14. The quantitative estimate of drug-likeness (QED) is 0.263. The normalized spacial score (nSPS) is 14.8. The summed E-state index contributed by atoms with van der Waals surface area (Å²) in [4.78, 5) is 35.8. The van der Waals surface area contributed by atoms with Crippen molar-refractivity contribution in [1.82, 2.24) is 0 Å². The Morgan fingerprint density at radius 1 is 0.950 bits per heavy atom. The van der Waals surface area contributed by atoms with Crippen LogP contribution in [0.25, 0.3) is 0 Å². The molecule has 0 amide bonds. The Morgan fingerprint density at radius 2 is 1.55 bits per heavy atom. The molecule has 0 aromatic rings. The second-order valence-corrected chi connectivity index (χ2v) is 8.60. The van der Waals surface area contributed by atoms with Crippen LogP contribution in [0.1, 0.15) is 51.9 Å². The Balaban J connectivity index is 4.08. The maximum absolute atomic E-state index is 11.2. The molecule has 0 bridgehead atoms. The van der Waals surface area contributed by atoms with Crippen molar-refractivity contribution < 1.29 is 28.7 Å². The van der Waals surface area contributed by atoms with Crippen molar-refractivity contribution >= 4 is 15.2 Å². The minimum atomic E-state index is -4.49. The zero-order valence-corrected chi connectivity index (χ0v) is 13.7. The third-order valence-electron chi connectivity index (χ3n) is 2.97. The number of rotatable bonds is 11. The van der Waals surface area contributed by atoms with Crippen molar-refractivity contribution in [3.05, 3.63) is 12.2 Å². The molecule has 0 saturated heterocycles. The second-order valence-electron chi connectivity index (χ2n) is 5.00. The van der Waals surface area contributed by atoms with Crippen LogP contribution in [0.5, 0.6) is 0 Å². The number of allylic oxidation sites excluding steroid dienone is 2. The molecule has 0 aromatic heterocycles. The Labute approximate surface area is 120 Å². The van der Waals surface area contributed by atoms with Crippen LogP contribution in [0, 0.1) is 0 Å². The summed E-state index contributed by atoms with van der Waals surface area (Å²) in [5.74, 6) is 0. The maximum atomic E-state index is 11.2. The average Bonchev–Trinajstić information content (AvgIpc) is 2.28. The van der Waals surface area contributed by atoms with Crippen LogP contribution in [0.3, 0.4) is 0 Å². The molecule has 1 unspecified atom stereocenters. The summed E-state index contributed by atoms with van der Waals surface area (Å²) in [6.07, 6.45) is 9.21. The molecule has 0 spiro atoms. The molecule has 20 heavy (non-hydrogen) atoms. The van der Waals surface area contributed by atoms with E-state index < -0.39 is 27.0 Å². The molecule has 4 N–H and O–H groups in total. The van der Waals surface area contributed by atoms with E-state index in [2.05, 4.69) is 6.92 Å². The fraction of sp³-hybridized carbons (Fsp3) is 0.833. The molecule has 0 aromatic carbocycles. The van der Waals surface area contributed by atoms with Gasteiger partial charge < -0.3 is 19.6 Å². The number of hydrogen-bond donors (Lipinski definition) is 4. The van der Waals surface area contributed by atoms with E-state index in [0.717, 1.165) is 19.3 Å². The molecule has 0 fully saturated rings. The van der Waals surface area contributed by atoms with E-state index in [9.17, 15) is 9.13 Å². The van der Waals surface area contributed by atoms with Gasteiger partial charge in [0.15, 0.2) is 0 Å². The van der Waals surface area contributed by atoms with Crippen LogP contribution in [-0.2, 0) is 9.13 Å². The molecule has 0 aliphatic rings. The van der Waals surface area contributed by atoms with E-state index in [1.807, 2.05) is 6.08 Å². The SMILES string of the molecule is CCCCCCCC=CCC(CP(=O)(O)O)P(=O)(O)O. The first-order valence-corrected chi connectivity index (χ1v) is 10.4. The standard InChI is InChI=1S/C12H26O6P2/c1-2-3-4-5-6-7-8-9-10-12(20(16,17)18)11-19(13,14)15/h8-9,12H,2-7,10-11H2,1H3,(H2,13,14,15)(H2,16,17,18). The fourth-order valence-electron chi connectivity index (χ4n) is 1.83. The zero-order valence-electron chi connectivity index (χ0n) is 11.9. The summed E-state index contributed by atoms with van der Waals surface area (Å²) < 4.78 is 22.0. The Bertz CT molecular complexity index is 370. The van der Waals surface area contributed by atoms with E-state index in [0.29, 0.717) is 0 Å². The van der Waals surface area contributed by atoms with Crippen LogP contribution >= 0.6 is 15.2 Å². The second kappa shape index (κ2) is 9.88. The van der Waals surface area contributed by atoms with Crippen molar-refractivity contribution in [2.45, 2.75) is 57.5 Å². The van der Waals surface area contributed by atoms with Crippen molar-refractivity contribution in [3.8, 4) is 0 Å². The van der Waals surface area contributed by atoms with Crippen molar-refractivity contribution in [2.75, 3.05) is 6.16 Å². The highest BCUT2D eigenvalue weighted by Crippen LogP contribution is 2.50. The summed E-state index contributed by atoms with van der Waals surface area (Å²) in [5.41, 5.74) is -1.31. The van der Waals surface area contributed by atoms with Gasteiger partial charge in [-0.25, -0.2) is 0 Å². The molecule has 1 atom stereocenters. The summed E-state index contributed by atoms with van der Waals surface area (Å²) >= 11 is 0. The third kappa shape index (κ3) is 11.8. The third-order valence-corrected chi connectivity index (χ3v) is 5.52. The lowest BCUT2D eigenvalue weighted by Crippen LogP contribution is -2.13. The highest BCUT2D eigenvalue weighted by Gasteiger charge is 2.33. The Hall–Kier alpha value is 0.0400. The minimum absolute atomic E-state index is 0.00958. The van der Waals surface area contributed by atoms with Crippen LogP contribution in [-0.4, -0.2) is 31.4 Å².